The van der Waals surface area contributed by atoms with Crippen LogP contribution in [-0.4, -0.2) is 68.8 Å². The Balaban J connectivity index is 2.84. The van der Waals surface area contributed by atoms with E-state index in [0.717, 1.165) is 51.4 Å². The van der Waals surface area contributed by atoms with Crippen molar-refractivity contribution in [2.24, 2.45) is 0 Å². The molecule has 0 bridgehead atoms. The van der Waals surface area contributed by atoms with Gasteiger partial charge in [-0.05, 0) is 25.7 Å². The van der Waals surface area contributed by atoms with Gasteiger partial charge in [0.2, 0.25) is 0 Å². The van der Waals surface area contributed by atoms with Gasteiger partial charge in [0.25, 0.3) is 0 Å². The Hall–Kier alpha value is -0.240. The van der Waals surface area contributed by atoms with Crippen LogP contribution in [0.1, 0.15) is 79.1 Å². The van der Waals surface area contributed by atoms with Crippen LogP contribution in [0.2, 0.25) is 0 Å². The Labute approximate surface area is 172 Å². The van der Waals surface area contributed by atoms with Crippen LogP contribution in [-0.2, 0) is 23.7 Å². The molecule has 6 nitrogen and oxygen atoms in total. The van der Waals surface area contributed by atoms with Crippen molar-refractivity contribution in [3.8, 4) is 0 Å². The fourth-order valence-electron chi connectivity index (χ4n) is 3.13. The summed E-state index contributed by atoms with van der Waals surface area (Å²) in [6, 6.07) is 0. The molecule has 1 aliphatic heterocycles. The third-order valence-electron chi connectivity index (χ3n) is 4.96. The highest BCUT2D eigenvalue weighted by atomic mass is 16.7. The molecule has 3 unspecified atom stereocenters. The van der Waals surface area contributed by atoms with Crippen LogP contribution in [0, 0.1) is 0 Å². The molecule has 1 heterocycles. The first-order chi connectivity index (χ1) is 13.7. The first-order valence-corrected chi connectivity index (χ1v) is 11.5. The minimum atomic E-state index is -1.03. The molecular formula is C22H44O6. The van der Waals surface area contributed by atoms with Gasteiger partial charge in [-0.15, -0.1) is 0 Å². The van der Waals surface area contributed by atoms with E-state index in [4.69, 9.17) is 23.7 Å². The zero-order valence-electron chi connectivity index (χ0n) is 18.6. The second-order valence-electron chi connectivity index (χ2n) is 7.56. The van der Waals surface area contributed by atoms with Gasteiger partial charge < -0.3 is 28.8 Å². The molecule has 0 radical (unpaired) electrons. The van der Waals surface area contributed by atoms with Crippen LogP contribution in [0.15, 0.2) is 0 Å². The molecule has 0 spiro atoms. The smallest absolute Gasteiger partial charge is 0.184 e. The number of aliphatic hydroxyl groups is 1. The van der Waals surface area contributed by atoms with Crippen LogP contribution in [0.4, 0.5) is 0 Å². The summed E-state index contributed by atoms with van der Waals surface area (Å²) >= 11 is 0. The lowest BCUT2D eigenvalue weighted by atomic mass is 9.98. The van der Waals surface area contributed by atoms with Gasteiger partial charge in [-0.3, -0.25) is 0 Å². The van der Waals surface area contributed by atoms with Gasteiger partial charge in [-0.25, -0.2) is 0 Å². The Bertz CT molecular complexity index is 354. The van der Waals surface area contributed by atoms with Crippen molar-refractivity contribution in [1.82, 2.24) is 0 Å². The van der Waals surface area contributed by atoms with Gasteiger partial charge in [0.05, 0.1) is 6.61 Å². The summed E-state index contributed by atoms with van der Waals surface area (Å²) in [4.78, 5) is 0. The zero-order chi connectivity index (χ0) is 20.6. The predicted octanol–water partition coefficient (Wildman–Crippen LogP) is 4.08. The lowest BCUT2D eigenvalue weighted by Gasteiger charge is -2.44. The lowest BCUT2D eigenvalue weighted by molar-refractivity contribution is -0.312. The standard InChI is InChI=1S/C22H44O6/c1-5-9-13-24-17-18-19(25-14-10-6-2)20(26-15-11-7-3)21(22(23)28-18)27-16-12-8-4/h18-23H,5-17H2,1-4H3/t18?,19-,20?,21-,22?/m1/s1. The van der Waals surface area contributed by atoms with Gasteiger partial charge in [0, 0.05) is 26.4 Å². The van der Waals surface area contributed by atoms with Gasteiger partial charge in [-0.2, -0.15) is 0 Å². The molecule has 0 aromatic heterocycles. The largest absolute Gasteiger partial charge is 0.379 e. The molecule has 5 atom stereocenters. The van der Waals surface area contributed by atoms with E-state index in [1.807, 2.05) is 0 Å². The Morgan fingerprint density at radius 3 is 1.64 bits per heavy atom. The van der Waals surface area contributed by atoms with Gasteiger partial charge in [0.15, 0.2) is 6.29 Å². The first-order valence-electron chi connectivity index (χ1n) is 11.5. The summed E-state index contributed by atoms with van der Waals surface area (Å²) in [5.74, 6) is 0. The number of rotatable bonds is 17. The summed E-state index contributed by atoms with van der Waals surface area (Å²) in [7, 11) is 0. The molecule has 0 aromatic rings. The third kappa shape index (κ3) is 9.51. The van der Waals surface area contributed by atoms with Gasteiger partial charge in [0.1, 0.15) is 24.4 Å². The maximum Gasteiger partial charge on any atom is 0.184 e. The fraction of sp³-hybridized carbons (Fsp3) is 1.00. The number of hydrogen-bond acceptors (Lipinski definition) is 6. The Morgan fingerprint density at radius 1 is 0.643 bits per heavy atom. The summed E-state index contributed by atoms with van der Waals surface area (Å²) in [5.41, 5.74) is 0. The Morgan fingerprint density at radius 2 is 1.11 bits per heavy atom. The average molecular weight is 405 g/mol. The second-order valence-corrected chi connectivity index (χ2v) is 7.56. The van der Waals surface area contributed by atoms with E-state index >= 15 is 0 Å². The van der Waals surface area contributed by atoms with Crippen molar-refractivity contribution < 1.29 is 28.8 Å². The molecule has 1 rings (SSSR count). The molecule has 0 aliphatic carbocycles. The normalized spacial score (nSPS) is 28.0. The molecule has 0 saturated carbocycles. The minimum Gasteiger partial charge on any atom is -0.379 e. The highest BCUT2D eigenvalue weighted by Crippen LogP contribution is 2.28. The van der Waals surface area contributed by atoms with Crippen molar-refractivity contribution >= 4 is 0 Å². The molecule has 168 valence electrons. The molecule has 1 aliphatic rings. The number of hydrogen-bond donors (Lipinski definition) is 1. The molecule has 1 fully saturated rings. The fourth-order valence-corrected chi connectivity index (χ4v) is 3.13. The lowest BCUT2D eigenvalue weighted by Crippen LogP contribution is -2.61. The van der Waals surface area contributed by atoms with Crippen LogP contribution >= 0.6 is 0 Å². The highest BCUT2D eigenvalue weighted by Gasteiger charge is 2.47. The van der Waals surface area contributed by atoms with Crippen LogP contribution in [0.3, 0.4) is 0 Å². The van der Waals surface area contributed by atoms with Gasteiger partial charge >= 0.3 is 0 Å². The van der Waals surface area contributed by atoms with E-state index in [0.29, 0.717) is 33.0 Å². The Kier molecular flexibility index (Phi) is 15.2. The van der Waals surface area contributed by atoms with Crippen molar-refractivity contribution in [2.75, 3.05) is 33.0 Å². The van der Waals surface area contributed by atoms with Crippen LogP contribution in [0.5, 0.6) is 0 Å². The number of unbranched alkanes of at least 4 members (excludes halogenated alkanes) is 4. The SMILES string of the molecule is CCCCOCC1OC(O)[C@H](OCCCC)C(OCCCC)[C@@H]1OCCCC. The molecule has 1 saturated heterocycles. The molecule has 0 amide bonds. The average Bonchev–Trinajstić information content (AvgIpc) is 2.69. The van der Waals surface area contributed by atoms with Gasteiger partial charge in [-0.1, -0.05) is 53.4 Å². The van der Waals surface area contributed by atoms with E-state index in [1.54, 1.807) is 0 Å². The maximum absolute atomic E-state index is 10.6. The maximum atomic E-state index is 10.6. The molecular weight excluding hydrogens is 360 g/mol. The number of aliphatic hydroxyl groups excluding tert-OH is 1. The van der Waals surface area contributed by atoms with Crippen LogP contribution < -0.4 is 0 Å². The third-order valence-corrected chi connectivity index (χ3v) is 4.96. The highest BCUT2D eigenvalue weighted by molar-refractivity contribution is 4.92. The number of ether oxygens (including phenoxy) is 5. The summed E-state index contributed by atoms with van der Waals surface area (Å²) in [6.45, 7) is 11.5. The van der Waals surface area contributed by atoms with Crippen molar-refractivity contribution in [1.29, 1.82) is 0 Å². The van der Waals surface area contributed by atoms with E-state index in [9.17, 15) is 5.11 Å². The van der Waals surface area contributed by atoms with E-state index < -0.39 is 12.4 Å². The van der Waals surface area contributed by atoms with Crippen molar-refractivity contribution in [2.45, 2.75) is 110 Å². The topological polar surface area (TPSA) is 66.4 Å². The van der Waals surface area contributed by atoms with E-state index in [2.05, 4.69) is 27.7 Å². The van der Waals surface area contributed by atoms with Crippen molar-refractivity contribution in [3.05, 3.63) is 0 Å². The minimum absolute atomic E-state index is 0.306. The summed E-state index contributed by atoms with van der Waals surface area (Å²) in [6.07, 6.45) is 5.53. The second kappa shape index (κ2) is 16.5. The predicted molar refractivity (Wildman–Crippen MR) is 111 cm³/mol. The van der Waals surface area contributed by atoms with E-state index in [-0.39, 0.29) is 18.3 Å². The summed E-state index contributed by atoms with van der Waals surface area (Å²) in [5, 5.41) is 10.6. The zero-order valence-corrected chi connectivity index (χ0v) is 18.6. The molecule has 0 aromatic carbocycles. The quantitative estimate of drug-likeness (QED) is 0.369. The van der Waals surface area contributed by atoms with Crippen LogP contribution in [0.25, 0.3) is 0 Å². The van der Waals surface area contributed by atoms with E-state index in [1.165, 1.54) is 0 Å². The summed E-state index contributed by atoms with van der Waals surface area (Å²) < 4.78 is 30.1. The molecule has 1 N–H and O–H groups in total. The molecule has 6 heteroatoms. The van der Waals surface area contributed by atoms with Crippen molar-refractivity contribution in [3.63, 3.8) is 0 Å². The molecule has 28 heavy (non-hydrogen) atoms. The first kappa shape index (κ1) is 25.8. The monoisotopic (exact) mass is 404 g/mol.